The van der Waals surface area contributed by atoms with E-state index in [1.165, 1.54) is 0 Å². The second kappa shape index (κ2) is 3.48. The first kappa shape index (κ1) is 9.88. The highest BCUT2D eigenvalue weighted by molar-refractivity contribution is 6.34. The Balaban J connectivity index is 2.74. The minimum absolute atomic E-state index is 0.451. The van der Waals surface area contributed by atoms with Crippen molar-refractivity contribution in [2.75, 3.05) is 0 Å². The molecule has 0 unspecified atom stereocenters. The van der Waals surface area contributed by atoms with Crippen molar-refractivity contribution >= 4 is 11.6 Å². The number of furan rings is 1. The van der Waals surface area contributed by atoms with Crippen LogP contribution in [0.15, 0.2) is 22.8 Å². The molecule has 0 aliphatic carbocycles. The minimum Gasteiger partial charge on any atom is -0.463 e. The van der Waals surface area contributed by atoms with Crippen LogP contribution in [0.25, 0.3) is 11.5 Å². The third-order valence-corrected chi connectivity index (χ3v) is 2.86. The van der Waals surface area contributed by atoms with Crippen molar-refractivity contribution in [3.05, 3.63) is 34.7 Å². The molecular formula is C11H9ClN2O. The number of aromatic nitrogens is 1. The molecule has 0 aliphatic rings. The zero-order valence-electron chi connectivity index (χ0n) is 8.41. The summed E-state index contributed by atoms with van der Waals surface area (Å²) in [6.07, 6.45) is 1.58. The van der Waals surface area contributed by atoms with Crippen molar-refractivity contribution in [3.8, 4) is 17.5 Å². The molecular weight excluding hydrogens is 212 g/mol. The summed E-state index contributed by atoms with van der Waals surface area (Å²) in [5, 5.41) is 9.41. The van der Waals surface area contributed by atoms with E-state index in [0.29, 0.717) is 16.3 Å². The normalized spacial score (nSPS) is 10.3. The van der Waals surface area contributed by atoms with Gasteiger partial charge in [0.15, 0.2) is 5.76 Å². The summed E-state index contributed by atoms with van der Waals surface area (Å²) in [5.41, 5.74) is 2.09. The summed E-state index contributed by atoms with van der Waals surface area (Å²) in [4.78, 5) is 0. The highest BCUT2D eigenvalue weighted by Crippen LogP contribution is 2.34. The van der Waals surface area contributed by atoms with Gasteiger partial charge in [0, 0.05) is 12.7 Å². The monoisotopic (exact) mass is 220 g/mol. The molecule has 0 saturated heterocycles. The SMILES string of the molecule is Cc1c(C#N)c(Cl)c(-c2ccco2)n1C. The van der Waals surface area contributed by atoms with E-state index >= 15 is 0 Å². The zero-order valence-corrected chi connectivity index (χ0v) is 9.17. The lowest BCUT2D eigenvalue weighted by molar-refractivity contribution is 0.576. The van der Waals surface area contributed by atoms with Gasteiger partial charge in [0.25, 0.3) is 0 Å². The lowest BCUT2D eigenvalue weighted by Crippen LogP contribution is -1.93. The van der Waals surface area contributed by atoms with Gasteiger partial charge < -0.3 is 8.98 Å². The predicted octanol–water partition coefficient (Wildman–Crippen LogP) is 3.12. The molecule has 2 rings (SSSR count). The second-order valence-corrected chi connectivity index (χ2v) is 3.65. The molecule has 15 heavy (non-hydrogen) atoms. The highest BCUT2D eigenvalue weighted by atomic mass is 35.5. The Hall–Kier alpha value is -1.66. The summed E-state index contributed by atoms with van der Waals surface area (Å²) in [7, 11) is 1.86. The molecule has 0 aromatic carbocycles. The molecule has 0 aliphatic heterocycles. The van der Waals surface area contributed by atoms with Gasteiger partial charge in [-0.3, -0.25) is 0 Å². The van der Waals surface area contributed by atoms with Gasteiger partial charge in [0.05, 0.1) is 16.8 Å². The van der Waals surface area contributed by atoms with Gasteiger partial charge in [-0.1, -0.05) is 11.6 Å². The van der Waals surface area contributed by atoms with Crippen molar-refractivity contribution in [1.29, 1.82) is 5.26 Å². The molecule has 0 saturated carbocycles. The first-order valence-electron chi connectivity index (χ1n) is 4.45. The largest absolute Gasteiger partial charge is 0.463 e. The predicted molar refractivity (Wildman–Crippen MR) is 57.6 cm³/mol. The molecule has 2 aromatic heterocycles. The third-order valence-electron chi connectivity index (χ3n) is 2.49. The number of halogens is 1. The van der Waals surface area contributed by atoms with Crippen molar-refractivity contribution in [2.45, 2.75) is 6.92 Å². The van der Waals surface area contributed by atoms with Gasteiger partial charge in [0.1, 0.15) is 11.8 Å². The molecule has 0 radical (unpaired) electrons. The van der Waals surface area contributed by atoms with Gasteiger partial charge in [0.2, 0.25) is 0 Å². The van der Waals surface area contributed by atoms with Crippen LogP contribution in [0.5, 0.6) is 0 Å². The van der Waals surface area contributed by atoms with Gasteiger partial charge >= 0.3 is 0 Å². The summed E-state index contributed by atoms with van der Waals surface area (Å²) in [6.45, 7) is 1.86. The van der Waals surface area contributed by atoms with E-state index < -0.39 is 0 Å². The molecule has 0 atom stereocenters. The highest BCUT2D eigenvalue weighted by Gasteiger charge is 2.19. The second-order valence-electron chi connectivity index (χ2n) is 3.27. The number of rotatable bonds is 1. The van der Waals surface area contributed by atoms with E-state index in [2.05, 4.69) is 6.07 Å². The topological polar surface area (TPSA) is 41.9 Å². The lowest BCUT2D eigenvalue weighted by atomic mass is 10.2. The van der Waals surface area contributed by atoms with E-state index in [1.54, 1.807) is 12.3 Å². The maximum atomic E-state index is 8.96. The quantitative estimate of drug-likeness (QED) is 0.741. The third kappa shape index (κ3) is 1.34. The number of hydrogen-bond acceptors (Lipinski definition) is 2. The maximum Gasteiger partial charge on any atom is 0.151 e. The fourth-order valence-corrected chi connectivity index (χ4v) is 1.98. The van der Waals surface area contributed by atoms with Crippen LogP contribution in [0, 0.1) is 18.3 Å². The van der Waals surface area contributed by atoms with Crippen LogP contribution >= 0.6 is 11.6 Å². The van der Waals surface area contributed by atoms with E-state index in [9.17, 15) is 0 Å². The van der Waals surface area contributed by atoms with Gasteiger partial charge in [-0.25, -0.2) is 0 Å². The van der Waals surface area contributed by atoms with E-state index in [-0.39, 0.29) is 0 Å². The molecule has 0 amide bonds. The maximum absolute atomic E-state index is 8.96. The Labute approximate surface area is 92.5 Å². The van der Waals surface area contributed by atoms with Crippen molar-refractivity contribution < 1.29 is 4.42 Å². The van der Waals surface area contributed by atoms with Crippen LogP contribution in [0.2, 0.25) is 5.02 Å². The number of hydrogen-bond donors (Lipinski definition) is 0. The van der Waals surface area contributed by atoms with Crippen LogP contribution in [-0.2, 0) is 7.05 Å². The molecule has 4 heteroatoms. The molecule has 3 nitrogen and oxygen atoms in total. The summed E-state index contributed by atoms with van der Waals surface area (Å²) >= 11 is 6.12. The summed E-state index contributed by atoms with van der Waals surface area (Å²) in [6, 6.07) is 5.71. The molecule has 2 aromatic rings. The number of nitriles is 1. The Kier molecular flexibility index (Phi) is 2.29. The van der Waals surface area contributed by atoms with E-state index in [1.807, 2.05) is 24.6 Å². The van der Waals surface area contributed by atoms with Crippen LogP contribution in [0.4, 0.5) is 0 Å². The molecule has 76 valence electrons. The van der Waals surface area contributed by atoms with Gasteiger partial charge in [-0.15, -0.1) is 0 Å². The molecule has 0 bridgehead atoms. The van der Waals surface area contributed by atoms with Crippen molar-refractivity contribution in [2.24, 2.45) is 7.05 Å². The van der Waals surface area contributed by atoms with E-state index in [4.69, 9.17) is 21.3 Å². The Morgan fingerprint density at radius 1 is 1.53 bits per heavy atom. The molecule has 0 fully saturated rings. The fourth-order valence-electron chi connectivity index (χ4n) is 1.58. The smallest absolute Gasteiger partial charge is 0.151 e. The van der Waals surface area contributed by atoms with Crippen LogP contribution < -0.4 is 0 Å². The first-order valence-corrected chi connectivity index (χ1v) is 4.83. The molecule has 2 heterocycles. The first-order chi connectivity index (χ1) is 7.16. The fraction of sp³-hybridized carbons (Fsp3) is 0.182. The van der Waals surface area contributed by atoms with Crippen LogP contribution in [0.3, 0.4) is 0 Å². The molecule has 0 N–H and O–H groups in total. The minimum atomic E-state index is 0.451. The average Bonchev–Trinajstić information content (AvgIpc) is 2.77. The van der Waals surface area contributed by atoms with Gasteiger partial charge in [-0.2, -0.15) is 5.26 Å². The van der Waals surface area contributed by atoms with Crippen molar-refractivity contribution in [1.82, 2.24) is 4.57 Å². The summed E-state index contributed by atoms with van der Waals surface area (Å²) in [5.74, 6) is 0.673. The number of nitrogens with zero attached hydrogens (tertiary/aromatic N) is 2. The van der Waals surface area contributed by atoms with Crippen LogP contribution in [0.1, 0.15) is 11.3 Å². The van der Waals surface area contributed by atoms with Crippen molar-refractivity contribution in [3.63, 3.8) is 0 Å². The Morgan fingerprint density at radius 2 is 2.27 bits per heavy atom. The Bertz CT molecular complexity index is 532. The van der Waals surface area contributed by atoms with E-state index in [0.717, 1.165) is 11.4 Å². The van der Waals surface area contributed by atoms with Crippen LogP contribution in [-0.4, -0.2) is 4.57 Å². The Morgan fingerprint density at radius 3 is 2.73 bits per heavy atom. The summed E-state index contributed by atoms with van der Waals surface area (Å²) < 4.78 is 7.14. The standard InChI is InChI=1S/C11H9ClN2O/c1-7-8(6-13)10(12)11(14(7)2)9-4-3-5-15-9/h3-5H,1-2H3. The van der Waals surface area contributed by atoms with Gasteiger partial charge in [-0.05, 0) is 19.1 Å². The zero-order chi connectivity index (χ0) is 11.0. The lowest BCUT2D eigenvalue weighted by Gasteiger charge is -2.01. The average molecular weight is 221 g/mol. The molecule has 0 spiro atoms.